The lowest BCUT2D eigenvalue weighted by atomic mass is 9.92. The average Bonchev–Trinajstić information content (AvgIpc) is 2.32. The SMILES string of the molecule is CC(C)N1CCC(CCN(C)C2CN(C)C2)CC1. The zero-order chi connectivity index (χ0) is 13.1. The van der Waals surface area contributed by atoms with Crippen LogP contribution >= 0.6 is 0 Å². The van der Waals surface area contributed by atoms with E-state index in [1.54, 1.807) is 0 Å². The number of piperidine rings is 1. The highest BCUT2D eigenvalue weighted by Crippen LogP contribution is 2.22. The topological polar surface area (TPSA) is 9.72 Å². The van der Waals surface area contributed by atoms with Gasteiger partial charge in [-0.3, -0.25) is 0 Å². The van der Waals surface area contributed by atoms with Gasteiger partial charge in [-0.1, -0.05) is 0 Å². The summed E-state index contributed by atoms with van der Waals surface area (Å²) < 4.78 is 0. The monoisotopic (exact) mass is 253 g/mol. The van der Waals surface area contributed by atoms with Crippen LogP contribution in [0.4, 0.5) is 0 Å². The molecule has 0 N–H and O–H groups in total. The van der Waals surface area contributed by atoms with Gasteiger partial charge >= 0.3 is 0 Å². The van der Waals surface area contributed by atoms with Gasteiger partial charge in [-0.25, -0.2) is 0 Å². The molecule has 3 heteroatoms. The zero-order valence-corrected chi connectivity index (χ0v) is 12.7. The first-order chi connectivity index (χ1) is 8.56. The normalized spacial score (nSPS) is 25.0. The lowest BCUT2D eigenvalue weighted by molar-refractivity contribution is 0.0620. The second kappa shape index (κ2) is 6.36. The van der Waals surface area contributed by atoms with E-state index in [1.807, 2.05) is 0 Å². The van der Waals surface area contributed by atoms with Crippen LogP contribution in [0.5, 0.6) is 0 Å². The van der Waals surface area contributed by atoms with Crippen LogP contribution < -0.4 is 0 Å². The first kappa shape index (κ1) is 14.3. The van der Waals surface area contributed by atoms with Crippen molar-refractivity contribution >= 4 is 0 Å². The van der Waals surface area contributed by atoms with E-state index in [0.29, 0.717) is 0 Å². The summed E-state index contributed by atoms with van der Waals surface area (Å²) in [5.41, 5.74) is 0. The Morgan fingerprint density at radius 2 is 1.78 bits per heavy atom. The first-order valence-corrected chi connectivity index (χ1v) is 7.69. The maximum atomic E-state index is 2.63. The molecule has 0 aromatic rings. The Bertz CT molecular complexity index is 240. The fourth-order valence-electron chi connectivity index (χ4n) is 3.27. The Labute approximate surface area is 113 Å². The van der Waals surface area contributed by atoms with E-state index in [0.717, 1.165) is 18.0 Å². The number of likely N-dealkylation sites (tertiary alicyclic amines) is 2. The van der Waals surface area contributed by atoms with Crippen LogP contribution in [0.15, 0.2) is 0 Å². The van der Waals surface area contributed by atoms with Crippen molar-refractivity contribution in [2.75, 3.05) is 46.8 Å². The Morgan fingerprint density at radius 3 is 2.28 bits per heavy atom. The molecule has 0 atom stereocenters. The van der Waals surface area contributed by atoms with Gasteiger partial charge in [-0.2, -0.15) is 0 Å². The van der Waals surface area contributed by atoms with Gasteiger partial charge in [0.2, 0.25) is 0 Å². The Morgan fingerprint density at radius 1 is 1.17 bits per heavy atom. The third-order valence-corrected chi connectivity index (χ3v) is 4.94. The quantitative estimate of drug-likeness (QED) is 0.739. The number of hydrogen-bond donors (Lipinski definition) is 0. The summed E-state index contributed by atoms with van der Waals surface area (Å²) in [5.74, 6) is 0.972. The minimum Gasteiger partial charge on any atom is -0.303 e. The highest BCUT2D eigenvalue weighted by atomic mass is 15.3. The van der Waals surface area contributed by atoms with E-state index in [-0.39, 0.29) is 0 Å². The van der Waals surface area contributed by atoms with Crippen LogP contribution in [0.2, 0.25) is 0 Å². The van der Waals surface area contributed by atoms with Crippen LogP contribution in [-0.4, -0.2) is 73.6 Å². The lowest BCUT2D eigenvalue weighted by Gasteiger charge is -2.42. The second-order valence-corrected chi connectivity index (χ2v) is 6.72. The lowest BCUT2D eigenvalue weighted by Crippen LogP contribution is -2.56. The fourth-order valence-corrected chi connectivity index (χ4v) is 3.27. The number of hydrogen-bond acceptors (Lipinski definition) is 3. The number of likely N-dealkylation sites (N-methyl/N-ethyl adjacent to an activating group) is 2. The van der Waals surface area contributed by atoms with Crippen LogP contribution in [0.25, 0.3) is 0 Å². The molecule has 2 aliphatic heterocycles. The first-order valence-electron chi connectivity index (χ1n) is 7.69. The standard InChI is InChI=1S/C15H31N3/c1-13(2)18-9-6-14(7-10-18)5-8-17(4)15-11-16(3)12-15/h13-15H,5-12H2,1-4H3. The molecule has 2 heterocycles. The largest absolute Gasteiger partial charge is 0.303 e. The maximum Gasteiger partial charge on any atom is 0.0347 e. The number of rotatable bonds is 5. The van der Waals surface area contributed by atoms with E-state index < -0.39 is 0 Å². The summed E-state index contributed by atoms with van der Waals surface area (Å²) in [6.07, 6.45) is 4.23. The van der Waals surface area contributed by atoms with Crippen molar-refractivity contribution in [3.05, 3.63) is 0 Å². The van der Waals surface area contributed by atoms with Gasteiger partial charge in [0, 0.05) is 25.2 Å². The van der Waals surface area contributed by atoms with Crippen LogP contribution in [-0.2, 0) is 0 Å². The van der Waals surface area contributed by atoms with Crippen molar-refractivity contribution < 1.29 is 0 Å². The Kier molecular flexibility index (Phi) is 5.05. The fraction of sp³-hybridized carbons (Fsp3) is 1.00. The van der Waals surface area contributed by atoms with Gasteiger partial charge in [0.25, 0.3) is 0 Å². The van der Waals surface area contributed by atoms with Crippen molar-refractivity contribution in [3.63, 3.8) is 0 Å². The molecule has 2 fully saturated rings. The van der Waals surface area contributed by atoms with Gasteiger partial charge in [0.1, 0.15) is 0 Å². The minimum absolute atomic E-state index is 0.735. The van der Waals surface area contributed by atoms with Crippen LogP contribution in [0, 0.1) is 5.92 Å². The molecule has 0 saturated carbocycles. The van der Waals surface area contributed by atoms with Gasteiger partial charge in [0.05, 0.1) is 0 Å². The molecular weight excluding hydrogens is 222 g/mol. The van der Waals surface area contributed by atoms with Crippen molar-refractivity contribution in [1.29, 1.82) is 0 Å². The van der Waals surface area contributed by atoms with Gasteiger partial charge in [-0.15, -0.1) is 0 Å². The third kappa shape index (κ3) is 3.69. The van der Waals surface area contributed by atoms with Crippen molar-refractivity contribution in [2.24, 2.45) is 5.92 Å². The summed E-state index contributed by atoms with van der Waals surface area (Å²) in [4.78, 5) is 7.61. The summed E-state index contributed by atoms with van der Waals surface area (Å²) in [6, 6.07) is 1.56. The van der Waals surface area contributed by atoms with Gasteiger partial charge in [0.15, 0.2) is 0 Å². The van der Waals surface area contributed by atoms with Gasteiger partial charge in [-0.05, 0) is 72.8 Å². The molecule has 106 valence electrons. The summed E-state index contributed by atoms with van der Waals surface area (Å²) in [7, 11) is 4.52. The van der Waals surface area contributed by atoms with E-state index in [2.05, 4.69) is 42.6 Å². The summed E-state index contributed by atoms with van der Waals surface area (Å²) in [5, 5.41) is 0. The predicted molar refractivity (Wildman–Crippen MR) is 78.0 cm³/mol. The van der Waals surface area contributed by atoms with Crippen molar-refractivity contribution in [3.8, 4) is 0 Å². The van der Waals surface area contributed by atoms with E-state index in [1.165, 1.54) is 52.0 Å². The molecule has 0 unspecified atom stereocenters. The van der Waals surface area contributed by atoms with E-state index >= 15 is 0 Å². The molecule has 2 rings (SSSR count). The molecule has 2 saturated heterocycles. The molecule has 0 aromatic carbocycles. The molecular formula is C15H31N3. The van der Waals surface area contributed by atoms with Crippen LogP contribution in [0.1, 0.15) is 33.1 Å². The average molecular weight is 253 g/mol. The highest BCUT2D eigenvalue weighted by Gasteiger charge is 2.27. The van der Waals surface area contributed by atoms with Crippen molar-refractivity contribution in [2.45, 2.75) is 45.2 Å². The maximum absolute atomic E-state index is 2.63. The van der Waals surface area contributed by atoms with Crippen molar-refractivity contribution in [1.82, 2.24) is 14.7 Å². The Balaban J connectivity index is 1.60. The molecule has 0 spiro atoms. The molecule has 0 aromatic heterocycles. The summed E-state index contributed by atoms with van der Waals surface area (Å²) in [6.45, 7) is 11.1. The minimum atomic E-state index is 0.735. The summed E-state index contributed by atoms with van der Waals surface area (Å²) >= 11 is 0. The highest BCUT2D eigenvalue weighted by molar-refractivity contribution is 4.85. The molecule has 0 radical (unpaired) electrons. The molecule has 0 bridgehead atoms. The molecule has 18 heavy (non-hydrogen) atoms. The molecule has 3 nitrogen and oxygen atoms in total. The Hall–Kier alpha value is -0.120. The second-order valence-electron chi connectivity index (χ2n) is 6.72. The van der Waals surface area contributed by atoms with Gasteiger partial charge < -0.3 is 14.7 Å². The van der Waals surface area contributed by atoms with E-state index in [4.69, 9.17) is 0 Å². The number of nitrogens with zero attached hydrogens (tertiary/aromatic N) is 3. The molecule has 0 amide bonds. The van der Waals surface area contributed by atoms with Crippen LogP contribution in [0.3, 0.4) is 0 Å². The smallest absolute Gasteiger partial charge is 0.0347 e. The molecule has 2 aliphatic rings. The van der Waals surface area contributed by atoms with E-state index in [9.17, 15) is 0 Å². The molecule has 0 aliphatic carbocycles. The third-order valence-electron chi connectivity index (χ3n) is 4.94. The zero-order valence-electron chi connectivity index (χ0n) is 12.7. The predicted octanol–water partition coefficient (Wildman–Crippen LogP) is 1.74.